The molecule has 1 heterocycles. The van der Waals surface area contributed by atoms with E-state index in [-0.39, 0.29) is 23.6 Å². The Bertz CT molecular complexity index is 671. The van der Waals surface area contributed by atoms with Gasteiger partial charge in [0.25, 0.3) is 5.69 Å². The molecular formula is C13H11NO5. The van der Waals surface area contributed by atoms with Crippen LogP contribution in [0.4, 0.5) is 5.69 Å². The van der Waals surface area contributed by atoms with Gasteiger partial charge in [0.15, 0.2) is 0 Å². The van der Waals surface area contributed by atoms with Crippen molar-refractivity contribution in [3.63, 3.8) is 0 Å². The first-order valence-electron chi connectivity index (χ1n) is 5.57. The topological polar surface area (TPSA) is 82.6 Å². The zero-order chi connectivity index (χ0) is 14.0. The van der Waals surface area contributed by atoms with Crippen molar-refractivity contribution in [3.05, 3.63) is 46.7 Å². The number of rotatable bonds is 4. The first-order valence-corrected chi connectivity index (χ1v) is 5.57. The van der Waals surface area contributed by atoms with Crippen LogP contribution in [0.3, 0.4) is 0 Å². The number of hydrogen-bond acceptors (Lipinski definition) is 5. The number of esters is 1. The van der Waals surface area contributed by atoms with Crippen molar-refractivity contribution < 1.29 is 18.9 Å². The molecule has 0 amide bonds. The van der Waals surface area contributed by atoms with E-state index in [4.69, 9.17) is 9.15 Å². The molecule has 19 heavy (non-hydrogen) atoms. The maximum Gasteiger partial charge on any atom is 0.341 e. The fourth-order valence-corrected chi connectivity index (χ4v) is 1.61. The van der Waals surface area contributed by atoms with Crippen LogP contribution in [0.25, 0.3) is 16.5 Å². The van der Waals surface area contributed by atoms with Gasteiger partial charge < -0.3 is 9.15 Å². The van der Waals surface area contributed by atoms with Crippen LogP contribution in [0.2, 0.25) is 0 Å². The third-order valence-corrected chi connectivity index (χ3v) is 2.53. The van der Waals surface area contributed by atoms with Crippen LogP contribution in [0.5, 0.6) is 0 Å². The number of ether oxygens (including phenoxy) is 1. The number of carbonyl (C=O) groups is 1. The third-order valence-electron chi connectivity index (χ3n) is 2.53. The van der Waals surface area contributed by atoms with Gasteiger partial charge in [-0.2, -0.15) is 0 Å². The lowest BCUT2D eigenvalue weighted by atomic mass is 10.2. The summed E-state index contributed by atoms with van der Waals surface area (Å²) in [5, 5.41) is 11.2. The molecule has 0 saturated heterocycles. The van der Waals surface area contributed by atoms with Crippen molar-refractivity contribution in [2.75, 3.05) is 6.61 Å². The molecule has 0 atom stereocenters. The number of benzene rings is 1. The van der Waals surface area contributed by atoms with Gasteiger partial charge in [0.1, 0.15) is 11.3 Å². The maximum absolute atomic E-state index is 11.5. The number of nitro benzene ring substituents is 1. The first-order chi connectivity index (χ1) is 9.02. The van der Waals surface area contributed by atoms with E-state index in [2.05, 4.69) is 6.58 Å². The summed E-state index contributed by atoms with van der Waals surface area (Å²) in [4.78, 5) is 21.7. The fraction of sp³-hybridized carbons (Fsp3) is 0.154. The van der Waals surface area contributed by atoms with Crippen molar-refractivity contribution in [3.8, 4) is 0 Å². The number of nitro groups is 1. The predicted molar refractivity (Wildman–Crippen MR) is 68.5 cm³/mol. The Labute approximate surface area is 108 Å². The summed E-state index contributed by atoms with van der Waals surface area (Å²) >= 11 is 0. The molecule has 0 radical (unpaired) electrons. The number of nitrogens with zero attached hydrogens (tertiary/aromatic N) is 1. The van der Waals surface area contributed by atoms with Gasteiger partial charge in [-0.25, -0.2) is 4.79 Å². The number of non-ortho nitro benzene ring substituents is 1. The van der Waals surface area contributed by atoms with Gasteiger partial charge in [0.2, 0.25) is 0 Å². The lowest BCUT2D eigenvalue weighted by molar-refractivity contribution is -0.384. The number of furan rings is 1. The summed E-state index contributed by atoms with van der Waals surface area (Å²) in [5.41, 5.74) is 0.494. The largest absolute Gasteiger partial charge is 0.462 e. The van der Waals surface area contributed by atoms with E-state index >= 15 is 0 Å². The molecule has 0 aliphatic rings. The number of fused-ring (bicyclic) bond motifs is 1. The van der Waals surface area contributed by atoms with Crippen molar-refractivity contribution in [1.82, 2.24) is 0 Å². The molecular weight excluding hydrogens is 250 g/mol. The molecule has 0 aliphatic carbocycles. The van der Waals surface area contributed by atoms with Gasteiger partial charge in [-0.15, -0.1) is 0 Å². The average Bonchev–Trinajstić information content (AvgIpc) is 2.80. The zero-order valence-electron chi connectivity index (χ0n) is 10.2. The van der Waals surface area contributed by atoms with E-state index in [0.717, 1.165) is 0 Å². The van der Waals surface area contributed by atoms with Gasteiger partial charge in [-0.3, -0.25) is 10.1 Å². The number of hydrogen-bond donors (Lipinski definition) is 0. The van der Waals surface area contributed by atoms with Gasteiger partial charge >= 0.3 is 5.97 Å². The van der Waals surface area contributed by atoms with Crippen LogP contribution in [-0.4, -0.2) is 17.5 Å². The second-order valence-electron chi connectivity index (χ2n) is 3.79. The van der Waals surface area contributed by atoms with Crippen molar-refractivity contribution in [2.24, 2.45) is 0 Å². The van der Waals surface area contributed by atoms with Crippen molar-refractivity contribution >= 4 is 28.2 Å². The van der Waals surface area contributed by atoms with E-state index in [9.17, 15) is 14.9 Å². The second kappa shape index (κ2) is 4.93. The van der Waals surface area contributed by atoms with Gasteiger partial charge in [0, 0.05) is 17.5 Å². The Balaban J connectivity index is 2.39. The van der Waals surface area contributed by atoms with Gasteiger partial charge in [-0.05, 0) is 19.1 Å². The quantitative estimate of drug-likeness (QED) is 0.365. The average molecular weight is 261 g/mol. The Morgan fingerprint density at radius 3 is 2.84 bits per heavy atom. The fourth-order valence-electron chi connectivity index (χ4n) is 1.61. The van der Waals surface area contributed by atoms with E-state index in [1.54, 1.807) is 6.92 Å². The van der Waals surface area contributed by atoms with E-state index < -0.39 is 10.9 Å². The smallest absolute Gasteiger partial charge is 0.341 e. The highest BCUT2D eigenvalue weighted by atomic mass is 16.6. The van der Waals surface area contributed by atoms with Crippen LogP contribution in [0.15, 0.2) is 35.3 Å². The molecule has 2 rings (SSSR count). The first kappa shape index (κ1) is 12.8. The molecule has 0 bridgehead atoms. The zero-order valence-corrected chi connectivity index (χ0v) is 10.2. The summed E-state index contributed by atoms with van der Waals surface area (Å²) in [6.07, 6.45) is 0. The monoisotopic (exact) mass is 261 g/mol. The summed E-state index contributed by atoms with van der Waals surface area (Å²) in [6.45, 7) is 5.52. The number of carbonyl (C=O) groups excluding carboxylic acids is 1. The third kappa shape index (κ3) is 2.47. The summed E-state index contributed by atoms with van der Waals surface area (Å²) in [6, 6.07) is 5.72. The molecule has 0 spiro atoms. The van der Waals surface area contributed by atoms with Gasteiger partial charge in [-0.1, -0.05) is 6.58 Å². The molecule has 6 heteroatoms. The molecule has 2 aromatic rings. The second-order valence-corrected chi connectivity index (χ2v) is 3.79. The highest BCUT2D eigenvalue weighted by molar-refractivity contribution is 6.15. The van der Waals surface area contributed by atoms with Crippen LogP contribution in [0, 0.1) is 10.1 Å². The maximum atomic E-state index is 11.5. The Morgan fingerprint density at radius 2 is 2.21 bits per heavy atom. The molecule has 0 aliphatic heterocycles. The van der Waals surface area contributed by atoms with Gasteiger partial charge in [0.05, 0.1) is 17.1 Å². The SMILES string of the molecule is C=C(C(=O)OCC)c1cc2cc([N+](=O)[O-])ccc2o1. The molecule has 1 aromatic carbocycles. The van der Waals surface area contributed by atoms with E-state index in [1.165, 1.54) is 24.3 Å². The van der Waals surface area contributed by atoms with Crippen LogP contribution in [-0.2, 0) is 9.53 Å². The predicted octanol–water partition coefficient (Wildman–Crippen LogP) is 2.92. The Morgan fingerprint density at radius 1 is 1.47 bits per heavy atom. The molecule has 1 aromatic heterocycles. The molecule has 0 unspecified atom stereocenters. The molecule has 98 valence electrons. The van der Waals surface area contributed by atoms with E-state index in [0.29, 0.717) is 11.0 Å². The highest BCUT2D eigenvalue weighted by Gasteiger charge is 2.16. The molecule has 0 saturated carbocycles. The minimum absolute atomic E-state index is 0.0402. The van der Waals surface area contributed by atoms with Crippen molar-refractivity contribution in [2.45, 2.75) is 6.92 Å². The molecule has 0 N–H and O–H groups in total. The minimum Gasteiger partial charge on any atom is -0.462 e. The lowest BCUT2D eigenvalue weighted by Crippen LogP contribution is -2.04. The Kier molecular flexibility index (Phi) is 3.33. The highest BCUT2D eigenvalue weighted by Crippen LogP contribution is 2.27. The molecule has 0 fully saturated rings. The summed E-state index contributed by atoms with van der Waals surface area (Å²) in [5.74, 6) is -0.329. The van der Waals surface area contributed by atoms with Crippen LogP contribution >= 0.6 is 0 Å². The Hall–Kier alpha value is -2.63. The van der Waals surface area contributed by atoms with Crippen LogP contribution < -0.4 is 0 Å². The lowest BCUT2D eigenvalue weighted by Gasteiger charge is -2.00. The minimum atomic E-state index is -0.573. The summed E-state index contributed by atoms with van der Waals surface area (Å²) < 4.78 is 10.2. The standard InChI is InChI=1S/C13H11NO5/c1-3-18-13(15)8(2)12-7-9-6-10(14(16)17)4-5-11(9)19-12/h4-7H,2-3H2,1H3. The van der Waals surface area contributed by atoms with Crippen LogP contribution in [0.1, 0.15) is 12.7 Å². The van der Waals surface area contributed by atoms with Crippen molar-refractivity contribution in [1.29, 1.82) is 0 Å². The summed E-state index contributed by atoms with van der Waals surface area (Å²) in [7, 11) is 0. The van der Waals surface area contributed by atoms with E-state index in [1.807, 2.05) is 0 Å². The normalized spacial score (nSPS) is 10.4. The molecule has 6 nitrogen and oxygen atoms in total.